The Hall–Kier alpha value is -0.780. The molecule has 0 N–H and O–H groups in total. The Morgan fingerprint density at radius 2 is 1.09 bits per heavy atom. The quantitative estimate of drug-likeness (QED) is 0.554. The van der Waals surface area contributed by atoms with Crippen LogP contribution >= 0.6 is 0 Å². The molecule has 1 aromatic carbocycles. The first kappa shape index (κ1) is 20.3. The fourth-order valence-corrected chi connectivity index (χ4v) is 3.15. The molecule has 0 fully saturated rings. The molecule has 0 spiro atoms. The normalized spacial score (nSPS) is 13.7. The highest BCUT2D eigenvalue weighted by Gasteiger charge is 2.28. The maximum atomic E-state index is 2.49. The number of rotatable bonds is 3. The first-order chi connectivity index (χ1) is 10.1. The minimum absolute atomic E-state index is 0.188. The lowest BCUT2D eigenvalue weighted by Gasteiger charge is -2.34. The standard InChI is InChI=1S/C23H40/c1-16(2)12-13-18-19(22(6,7)8)14-17(21(3,4)5)15-20(18)23(9,10)11/h14-16H,12-13H2,1-11H3. The van der Waals surface area contributed by atoms with E-state index in [0.29, 0.717) is 0 Å². The smallest absolute Gasteiger partial charge is 0.0129 e. The average molecular weight is 317 g/mol. The Morgan fingerprint density at radius 3 is 1.35 bits per heavy atom. The van der Waals surface area contributed by atoms with Crippen molar-refractivity contribution in [1.29, 1.82) is 0 Å². The van der Waals surface area contributed by atoms with Gasteiger partial charge in [0.1, 0.15) is 0 Å². The molecule has 1 rings (SSSR count). The minimum Gasteiger partial charge on any atom is -0.0628 e. The van der Waals surface area contributed by atoms with Crippen LogP contribution in [-0.2, 0) is 22.7 Å². The number of hydrogen-bond donors (Lipinski definition) is 0. The van der Waals surface area contributed by atoms with Crippen LogP contribution in [0.15, 0.2) is 12.1 Å². The molecule has 0 saturated carbocycles. The van der Waals surface area contributed by atoms with Gasteiger partial charge >= 0.3 is 0 Å². The summed E-state index contributed by atoms with van der Waals surface area (Å²) in [6.45, 7) is 25.8. The van der Waals surface area contributed by atoms with Crippen LogP contribution in [0.2, 0.25) is 0 Å². The van der Waals surface area contributed by atoms with E-state index >= 15 is 0 Å². The molecule has 1 aromatic rings. The summed E-state index contributed by atoms with van der Waals surface area (Å²) in [5.74, 6) is 0.748. The van der Waals surface area contributed by atoms with Gasteiger partial charge in [0.05, 0.1) is 0 Å². The molecule has 0 radical (unpaired) electrons. The van der Waals surface area contributed by atoms with E-state index in [0.717, 1.165) is 5.92 Å². The third kappa shape index (κ3) is 5.37. The molecule has 0 aliphatic rings. The van der Waals surface area contributed by atoms with E-state index < -0.39 is 0 Å². The monoisotopic (exact) mass is 316 g/mol. The third-order valence-electron chi connectivity index (χ3n) is 4.70. The SMILES string of the molecule is CC(C)CCc1c(C(C)(C)C)cc(C(C)(C)C)cc1C(C)(C)C. The lowest BCUT2D eigenvalue weighted by atomic mass is 9.71. The van der Waals surface area contributed by atoms with Crippen molar-refractivity contribution in [2.45, 2.75) is 105 Å². The highest BCUT2D eigenvalue weighted by atomic mass is 14.3. The second kappa shape index (κ2) is 6.61. The molecule has 0 aliphatic carbocycles. The Morgan fingerprint density at radius 1 is 0.696 bits per heavy atom. The molecule has 132 valence electrons. The van der Waals surface area contributed by atoms with Gasteiger partial charge in [0.25, 0.3) is 0 Å². The second-order valence-electron chi connectivity index (χ2n) is 10.7. The zero-order valence-electron chi connectivity index (χ0n) is 17.6. The molecule has 23 heavy (non-hydrogen) atoms. The Labute approximate surface area is 146 Å². The zero-order valence-corrected chi connectivity index (χ0v) is 17.6. The first-order valence-electron chi connectivity index (χ1n) is 9.32. The van der Waals surface area contributed by atoms with Gasteiger partial charge in [0.15, 0.2) is 0 Å². The van der Waals surface area contributed by atoms with Gasteiger partial charge in [0, 0.05) is 0 Å². The van der Waals surface area contributed by atoms with Gasteiger partial charge in [-0.25, -0.2) is 0 Å². The van der Waals surface area contributed by atoms with Crippen LogP contribution in [0.5, 0.6) is 0 Å². The van der Waals surface area contributed by atoms with E-state index in [-0.39, 0.29) is 16.2 Å². The van der Waals surface area contributed by atoms with Crippen molar-refractivity contribution in [2.24, 2.45) is 5.92 Å². The van der Waals surface area contributed by atoms with Crippen LogP contribution in [0, 0.1) is 5.92 Å². The predicted octanol–water partition coefficient (Wildman–Crippen LogP) is 7.17. The van der Waals surface area contributed by atoms with E-state index in [1.165, 1.54) is 18.4 Å². The maximum absolute atomic E-state index is 2.49. The van der Waals surface area contributed by atoms with Crippen molar-refractivity contribution in [3.63, 3.8) is 0 Å². The number of benzene rings is 1. The van der Waals surface area contributed by atoms with Gasteiger partial charge in [0.2, 0.25) is 0 Å². The summed E-state index contributed by atoms with van der Waals surface area (Å²) >= 11 is 0. The highest BCUT2D eigenvalue weighted by molar-refractivity contribution is 5.47. The Balaban J connectivity index is 3.68. The molecule has 0 aliphatic heterocycles. The molecule has 0 atom stereocenters. The molecule has 0 aromatic heterocycles. The lowest BCUT2D eigenvalue weighted by molar-refractivity contribution is 0.522. The predicted molar refractivity (Wildman–Crippen MR) is 106 cm³/mol. The van der Waals surface area contributed by atoms with Crippen molar-refractivity contribution in [3.8, 4) is 0 Å². The molecular formula is C23H40. The minimum atomic E-state index is 0.188. The fraction of sp³-hybridized carbons (Fsp3) is 0.739. The van der Waals surface area contributed by atoms with Crippen LogP contribution in [0.1, 0.15) is 105 Å². The molecule has 0 heteroatoms. The fourth-order valence-electron chi connectivity index (χ4n) is 3.15. The van der Waals surface area contributed by atoms with E-state index in [2.05, 4.69) is 88.3 Å². The summed E-state index contributed by atoms with van der Waals surface area (Å²) in [5, 5.41) is 0. The van der Waals surface area contributed by atoms with E-state index in [1.54, 1.807) is 16.7 Å². The second-order valence-corrected chi connectivity index (χ2v) is 10.7. The highest BCUT2D eigenvalue weighted by Crippen LogP contribution is 2.39. The largest absolute Gasteiger partial charge is 0.0628 e. The topological polar surface area (TPSA) is 0 Å². The van der Waals surface area contributed by atoms with E-state index in [1.807, 2.05) is 0 Å². The van der Waals surface area contributed by atoms with Gasteiger partial charge in [-0.1, -0.05) is 88.3 Å². The van der Waals surface area contributed by atoms with Crippen LogP contribution in [0.25, 0.3) is 0 Å². The van der Waals surface area contributed by atoms with Crippen LogP contribution in [0.4, 0.5) is 0 Å². The molecule has 0 nitrogen and oxygen atoms in total. The van der Waals surface area contributed by atoms with Crippen LogP contribution in [0.3, 0.4) is 0 Å². The molecule has 0 saturated heterocycles. The Kier molecular flexibility index (Phi) is 5.83. The van der Waals surface area contributed by atoms with Gasteiger partial charge in [-0.15, -0.1) is 0 Å². The molecule has 0 unspecified atom stereocenters. The summed E-state index contributed by atoms with van der Waals surface area (Å²) in [7, 11) is 0. The summed E-state index contributed by atoms with van der Waals surface area (Å²) in [5.41, 5.74) is 6.75. The van der Waals surface area contributed by atoms with Crippen LogP contribution in [-0.4, -0.2) is 0 Å². The van der Waals surface area contributed by atoms with Gasteiger partial charge in [-0.2, -0.15) is 0 Å². The van der Waals surface area contributed by atoms with Crippen LogP contribution < -0.4 is 0 Å². The first-order valence-corrected chi connectivity index (χ1v) is 9.32. The maximum Gasteiger partial charge on any atom is -0.0129 e. The van der Waals surface area contributed by atoms with Crippen molar-refractivity contribution < 1.29 is 0 Å². The van der Waals surface area contributed by atoms with E-state index in [9.17, 15) is 0 Å². The van der Waals surface area contributed by atoms with Gasteiger partial charge < -0.3 is 0 Å². The summed E-state index contributed by atoms with van der Waals surface area (Å²) in [4.78, 5) is 0. The summed E-state index contributed by atoms with van der Waals surface area (Å²) in [6.07, 6.45) is 2.46. The molecular weight excluding hydrogens is 276 g/mol. The molecule has 0 bridgehead atoms. The lowest BCUT2D eigenvalue weighted by Crippen LogP contribution is -2.24. The van der Waals surface area contributed by atoms with Crippen molar-refractivity contribution in [1.82, 2.24) is 0 Å². The van der Waals surface area contributed by atoms with Gasteiger partial charge in [-0.3, -0.25) is 0 Å². The summed E-state index contributed by atoms with van der Waals surface area (Å²) < 4.78 is 0. The average Bonchev–Trinajstić information content (AvgIpc) is 2.31. The van der Waals surface area contributed by atoms with Crippen molar-refractivity contribution in [3.05, 3.63) is 34.4 Å². The van der Waals surface area contributed by atoms with Crippen molar-refractivity contribution >= 4 is 0 Å². The summed E-state index contributed by atoms with van der Waals surface area (Å²) in [6, 6.07) is 4.98. The zero-order chi connectivity index (χ0) is 18.2. The Bertz CT molecular complexity index is 490. The van der Waals surface area contributed by atoms with Crippen molar-refractivity contribution in [2.75, 3.05) is 0 Å². The van der Waals surface area contributed by atoms with Gasteiger partial charge in [-0.05, 0) is 57.3 Å². The third-order valence-corrected chi connectivity index (χ3v) is 4.70. The molecule has 0 heterocycles. The van der Waals surface area contributed by atoms with E-state index in [4.69, 9.17) is 0 Å². The molecule has 0 amide bonds. The number of hydrogen-bond acceptors (Lipinski definition) is 0.